The predicted molar refractivity (Wildman–Crippen MR) is 120 cm³/mol. The van der Waals surface area contributed by atoms with Crippen molar-refractivity contribution >= 4 is 32.4 Å². The van der Waals surface area contributed by atoms with E-state index in [2.05, 4.69) is 22.6 Å². The van der Waals surface area contributed by atoms with Gasteiger partial charge in [-0.3, -0.25) is 0 Å². The molecule has 0 aliphatic carbocycles. The van der Waals surface area contributed by atoms with Crippen LogP contribution in [-0.4, -0.2) is 42.2 Å². The lowest BCUT2D eigenvalue weighted by Gasteiger charge is -2.38. The first-order chi connectivity index (χ1) is 13.8. The Bertz CT molecular complexity index is 967. The number of ether oxygens (including phenoxy) is 2. The lowest BCUT2D eigenvalue weighted by atomic mass is 9.96. The van der Waals surface area contributed by atoms with Crippen LogP contribution in [0.4, 0.5) is 0 Å². The number of hydrogen-bond donors (Lipinski definition) is 1. The maximum absolute atomic E-state index is 13.4. The van der Waals surface area contributed by atoms with E-state index in [4.69, 9.17) is 9.47 Å². The van der Waals surface area contributed by atoms with E-state index in [1.165, 1.54) is 25.3 Å². The zero-order valence-corrected chi connectivity index (χ0v) is 19.7. The molecule has 1 aliphatic rings. The molecule has 8 heteroatoms. The van der Waals surface area contributed by atoms with E-state index in [1.807, 2.05) is 37.3 Å². The van der Waals surface area contributed by atoms with E-state index in [1.54, 1.807) is 6.07 Å². The minimum atomic E-state index is -3.69. The van der Waals surface area contributed by atoms with Crippen LogP contribution in [0.25, 0.3) is 0 Å². The number of rotatable bonds is 6. The van der Waals surface area contributed by atoms with Gasteiger partial charge in [0, 0.05) is 6.07 Å². The second-order valence-electron chi connectivity index (χ2n) is 7.18. The Morgan fingerprint density at radius 3 is 2.38 bits per heavy atom. The van der Waals surface area contributed by atoms with Crippen LogP contribution in [0.1, 0.15) is 43.4 Å². The molecule has 0 saturated carbocycles. The second kappa shape index (κ2) is 8.79. The van der Waals surface area contributed by atoms with Crippen LogP contribution in [0, 0.1) is 0 Å². The van der Waals surface area contributed by atoms with Gasteiger partial charge in [-0.25, -0.2) is 8.42 Å². The first-order valence-electron chi connectivity index (χ1n) is 9.48. The van der Waals surface area contributed by atoms with Crippen LogP contribution in [0.3, 0.4) is 0 Å². The molecule has 1 N–H and O–H groups in total. The fourth-order valence-electron chi connectivity index (χ4n) is 3.75. The third-order valence-electron chi connectivity index (χ3n) is 5.24. The Morgan fingerprint density at radius 1 is 1.17 bits per heavy atom. The van der Waals surface area contributed by atoms with Crippen molar-refractivity contribution in [3.63, 3.8) is 0 Å². The number of sulfone groups is 1. The summed E-state index contributed by atoms with van der Waals surface area (Å²) in [5.41, 5.74) is 1.28. The number of unbranched alkanes of at least 4 members (excludes halogenated alkanes) is 1. The summed E-state index contributed by atoms with van der Waals surface area (Å²) in [6, 6.07) is 11.9. The van der Waals surface area contributed by atoms with Gasteiger partial charge < -0.3 is 14.7 Å². The molecule has 1 aliphatic heterocycles. The first kappa shape index (κ1) is 22.3. The van der Waals surface area contributed by atoms with Crippen LogP contribution in [0.15, 0.2) is 47.4 Å². The smallest absolute Gasteiger partial charge is 0.181 e. The molecule has 0 unspecified atom stereocenters. The van der Waals surface area contributed by atoms with Gasteiger partial charge in [0.1, 0.15) is 3.55 Å². The normalized spacial score (nSPS) is 23.8. The lowest BCUT2D eigenvalue weighted by Crippen LogP contribution is -2.46. The third-order valence-corrected chi connectivity index (χ3v) is 9.05. The van der Waals surface area contributed by atoms with Crippen LogP contribution in [0.2, 0.25) is 0 Å². The second-order valence-corrected chi connectivity index (χ2v) is 11.1. The maximum Gasteiger partial charge on any atom is 0.181 e. The lowest BCUT2D eigenvalue weighted by molar-refractivity contribution is -0.153. The summed E-state index contributed by atoms with van der Waals surface area (Å²) in [6.07, 6.45) is 2.26. The number of benzene rings is 2. The summed E-state index contributed by atoms with van der Waals surface area (Å²) in [7, 11) is -0.709. The zero-order chi connectivity index (χ0) is 21.2. The Kier molecular flexibility index (Phi) is 6.77. The summed E-state index contributed by atoms with van der Waals surface area (Å²) >= 11 is 2.10. The Balaban J connectivity index is 2.31. The molecule has 0 bridgehead atoms. The van der Waals surface area contributed by atoms with Gasteiger partial charge in [-0.2, -0.15) is 5.06 Å². The average Bonchev–Trinajstić information content (AvgIpc) is 2.77. The van der Waals surface area contributed by atoms with E-state index in [-0.39, 0.29) is 10.6 Å². The molecule has 0 fully saturated rings. The summed E-state index contributed by atoms with van der Waals surface area (Å²) in [4.78, 5) is 0.165. The van der Waals surface area contributed by atoms with E-state index in [0.29, 0.717) is 23.5 Å². The number of nitrogens with zero attached hydrogens (tertiary/aromatic N) is 1. The van der Waals surface area contributed by atoms with Crippen molar-refractivity contribution < 1.29 is 23.1 Å². The van der Waals surface area contributed by atoms with Gasteiger partial charge in [0.25, 0.3) is 0 Å². The van der Waals surface area contributed by atoms with Crippen LogP contribution in [0.5, 0.6) is 11.5 Å². The van der Waals surface area contributed by atoms with Gasteiger partial charge in [0.2, 0.25) is 0 Å². The van der Waals surface area contributed by atoms with E-state index in [0.717, 1.165) is 18.4 Å². The minimum Gasteiger partial charge on any atom is -0.493 e. The number of hydrogen-bond acceptors (Lipinski definition) is 6. The van der Waals surface area contributed by atoms with Crippen molar-refractivity contribution in [3.05, 3.63) is 53.6 Å². The molecule has 1 heterocycles. The minimum absolute atomic E-state index is 0.165. The van der Waals surface area contributed by atoms with Crippen molar-refractivity contribution in [1.29, 1.82) is 0 Å². The Labute approximate surface area is 185 Å². The maximum atomic E-state index is 13.4. The molecular weight excluding hydrogens is 505 g/mol. The highest BCUT2D eigenvalue weighted by Gasteiger charge is 2.47. The molecule has 0 saturated heterocycles. The molecule has 2 atom stereocenters. The van der Waals surface area contributed by atoms with E-state index in [9.17, 15) is 13.6 Å². The fraction of sp³-hybridized carbons (Fsp3) is 0.429. The first-order valence-corrected chi connectivity index (χ1v) is 12.2. The van der Waals surface area contributed by atoms with Gasteiger partial charge in [-0.05, 0) is 23.6 Å². The quantitative estimate of drug-likeness (QED) is 0.334. The topological polar surface area (TPSA) is 76.1 Å². The highest BCUT2D eigenvalue weighted by Crippen LogP contribution is 2.48. The Hall–Kier alpha value is -1.36. The highest BCUT2D eigenvalue weighted by molar-refractivity contribution is 14.1. The number of hydroxylamine groups is 2. The molecule has 29 heavy (non-hydrogen) atoms. The van der Waals surface area contributed by atoms with Crippen LogP contribution >= 0.6 is 22.6 Å². The number of methoxy groups -OCH3 is 2. The molecule has 0 amide bonds. The van der Waals surface area contributed by atoms with Gasteiger partial charge in [-0.1, -0.05) is 72.7 Å². The summed E-state index contributed by atoms with van der Waals surface area (Å²) in [5.74, 6) is 0.578. The molecule has 2 aromatic carbocycles. The summed E-state index contributed by atoms with van der Waals surface area (Å²) < 4.78 is 36.7. The average molecular weight is 531 g/mol. The molecule has 3 rings (SSSR count). The molecule has 6 nitrogen and oxygen atoms in total. The van der Waals surface area contributed by atoms with Crippen LogP contribution < -0.4 is 9.47 Å². The molecule has 0 radical (unpaired) electrons. The molecule has 158 valence electrons. The van der Waals surface area contributed by atoms with Crippen molar-refractivity contribution in [3.8, 4) is 11.5 Å². The van der Waals surface area contributed by atoms with Crippen LogP contribution in [-0.2, 0) is 9.84 Å². The summed E-state index contributed by atoms with van der Waals surface area (Å²) in [6.45, 7) is 2.05. The highest BCUT2D eigenvalue weighted by atomic mass is 127. The standard InChI is InChI=1S/C21H26INO5S/c1-4-5-11-21(22)14-29(25,26)19-13-18(28-3)17(27-2)12-16(19)20(23(21)24)15-9-7-6-8-10-15/h6-10,12-13,20,24H,4-5,11,14H2,1-3H3/t20-,21-/m1/s1. The monoisotopic (exact) mass is 531 g/mol. The van der Waals surface area contributed by atoms with Gasteiger partial charge in [-0.15, -0.1) is 0 Å². The number of fused-ring (bicyclic) bond motifs is 1. The largest absolute Gasteiger partial charge is 0.493 e. The van der Waals surface area contributed by atoms with Gasteiger partial charge in [0.05, 0.1) is 30.9 Å². The predicted octanol–water partition coefficient (Wildman–Crippen LogP) is 4.59. The Morgan fingerprint density at radius 2 is 1.79 bits per heavy atom. The summed E-state index contributed by atoms with van der Waals surface area (Å²) in [5, 5.41) is 12.6. The third kappa shape index (κ3) is 4.26. The van der Waals surface area contributed by atoms with Gasteiger partial charge >= 0.3 is 0 Å². The molecule has 2 aromatic rings. The molecule has 0 aromatic heterocycles. The SMILES string of the molecule is CCCC[C@]1(I)CS(=O)(=O)c2cc(OC)c(OC)cc2[C@@H](c2ccccc2)N1O. The van der Waals surface area contributed by atoms with Crippen molar-refractivity contribution in [1.82, 2.24) is 5.06 Å². The van der Waals surface area contributed by atoms with Crippen molar-refractivity contribution in [2.45, 2.75) is 40.7 Å². The van der Waals surface area contributed by atoms with E-state index < -0.39 is 19.4 Å². The number of alkyl halides is 1. The van der Waals surface area contributed by atoms with Crippen molar-refractivity contribution in [2.24, 2.45) is 0 Å². The van der Waals surface area contributed by atoms with Gasteiger partial charge in [0.15, 0.2) is 21.3 Å². The molecule has 0 spiro atoms. The number of halogens is 1. The zero-order valence-electron chi connectivity index (χ0n) is 16.8. The van der Waals surface area contributed by atoms with E-state index >= 15 is 0 Å². The molecular formula is C21H26INO5S. The fourth-order valence-corrected chi connectivity index (χ4v) is 7.47. The van der Waals surface area contributed by atoms with Crippen molar-refractivity contribution in [2.75, 3.05) is 20.0 Å².